The fraction of sp³-hybridized carbons (Fsp3) is 0.136. The first-order valence-corrected chi connectivity index (χ1v) is 9.29. The van der Waals surface area contributed by atoms with Crippen LogP contribution < -0.4 is 16.4 Å². The summed E-state index contributed by atoms with van der Waals surface area (Å²) >= 11 is 0. The van der Waals surface area contributed by atoms with Crippen molar-refractivity contribution in [1.82, 2.24) is 10.3 Å². The van der Waals surface area contributed by atoms with Crippen LogP contribution in [0.5, 0.6) is 0 Å². The van der Waals surface area contributed by atoms with E-state index in [1.54, 1.807) is 30.3 Å². The third-order valence-electron chi connectivity index (χ3n) is 4.49. The van der Waals surface area contributed by atoms with Crippen LogP contribution in [-0.2, 0) is 11.3 Å². The number of rotatable bonds is 8. The molecule has 6 N–H and O–H groups in total. The van der Waals surface area contributed by atoms with Gasteiger partial charge in [-0.1, -0.05) is 30.3 Å². The van der Waals surface area contributed by atoms with Crippen LogP contribution >= 0.6 is 0 Å². The average molecular weight is 407 g/mol. The van der Waals surface area contributed by atoms with E-state index in [0.717, 1.165) is 11.3 Å². The predicted octanol–water partition coefficient (Wildman–Crippen LogP) is 3.55. The lowest BCUT2D eigenvalue weighted by atomic mass is 9.92. The SMILES string of the molecule is N=C(N)NCc1ccc(Nc2cccc(C(CC(=O)O)c3ccc(F)cc3)n2)cc1. The zero-order chi connectivity index (χ0) is 21.5. The number of aromatic nitrogens is 1. The summed E-state index contributed by atoms with van der Waals surface area (Å²) in [6.07, 6.45) is -0.153. The minimum absolute atomic E-state index is 0.0877. The largest absolute Gasteiger partial charge is 0.481 e. The molecule has 30 heavy (non-hydrogen) atoms. The maximum absolute atomic E-state index is 13.3. The highest BCUT2D eigenvalue weighted by Gasteiger charge is 2.20. The van der Waals surface area contributed by atoms with Crippen molar-refractivity contribution in [3.05, 3.63) is 89.4 Å². The van der Waals surface area contributed by atoms with Crippen molar-refractivity contribution in [2.45, 2.75) is 18.9 Å². The van der Waals surface area contributed by atoms with Gasteiger partial charge in [-0.25, -0.2) is 9.37 Å². The second kappa shape index (κ2) is 9.51. The van der Waals surface area contributed by atoms with E-state index in [2.05, 4.69) is 15.6 Å². The number of aliphatic carboxylic acids is 1. The van der Waals surface area contributed by atoms with Gasteiger partial charge in [0.05, 0.1) is 12.1 Å². The molecule has 0 aliphatic carbocycles. The first-order valence-electron chi connectivity index (χ1n) is 9.29. The molecule has 1 unspecified atom stereocenters. The highest BCUT2D eigenvalue weighted by Crippen LogP contribution is 2.28. The van der Waals surface area contributed by atoms with Gasteiger partial charge in [0.2, 0.25) is 0 Å². The second-order valence-electron chi connectivity index (χ2n) is 6.74. The smallest absolute Gasteiger partial charge is 0.304 e. The van der Waals surface area contributed by atoms with Crippen molar-refractivity contribution in [3.63, 3.8) is 0 Å². The Kier molecular flexibility index (Phi) is 6.59. The molecule has 7 nitrogen and oxygen atoms in total. The number of carboxylic acid groups (broad SMARTS) is 1. The topological polar surface area (TPSA) is 124 Å². The Bertz CT molecular complexity index is 1020. The zero-order valence-electron chi connectivity index (χ0n) is 16.1. The number of carboxylic acids is 1. The molecule has 0 aliphatic rings. The lowest BCUT2D eigenvalue weighted by molar-refractivity contribution is -0.137. The van der Waals surface area contributed by atoms with E-state index in [4.69, 9.17) is 11.1 Å². The van der Waals surface area contributed by atoms with Gasteiger partial charge in [0, 0.05) is 18.2 Å². The summed E-state index contributed by atoms with van der Waals surface area (Å²) in [7, 11) is 0. The molecular formula is C22H22FN5O2. The minimum atomic E-state index is -0.959. The average Bonchev–Trinajstić information content (AvgIpc) is 2.72. The van der Waals surface area contributed by atoms with Gasteiger partial charge < -0.3 is 21.5 Å². The lowest BCUT2D eigenvalue weighted by Gasteiger charge is -2.16. The Labute approximate surface area is 173 Å². The molecule has 1 aromatic heterocycles. The molecular weight excluding hydrogens is 385 g/mol. The molecule has 154 valence electrons. The molecule has 0 saturated carbocycles. The fourth-order valence-corrected chi connectivity index (χ4v) is 3.03. The Morgan fingerprint density at radius 2 is 1.80 bits per heavy atom. The highest BCUT2D eigenvalue weighted by atomic mass is 19.1. The number of benzene rings is 2. The van der Waals surface area contributed by atoms with Crippen LogP contribution in [0, 0.1) is 11.2 Å². The molecule has 0 aliphatic heterocycles. The first kappa shape index (κ1) is 20.8. The Morgan fingerprint density at radius 3 is 2.43 bits per heavy atom. The summed E-state index contributed by atoms with van der Waals surface area (Å²) in [5, 5.41) is 22.5. The number of pyridine rings is 1. The molecule has 3 aromatic rings. The minimum Gasteiger partial charge on any atom is -0.481 e. The van der Waals surface area contributed by atoms with Crippen LogP contribution in [0.15, 0.2) is 66.7 Å². The number of carbonyl (C=O) groups is 1. The summed E-state index contributed by atoms with van der Waals surface area (Å²) in [6, 6.07) is 18.7. The normalized spacial score (nSPS) is 11.5. The van der Waals surface area contributed by atoms with Crippen molar-refractivity contribution in [1.29, 1.82) is 5.41 Å². The quantitative estimate of drug-likeness (QED) is 0.287. The summed E-state index contributed by atoms with van der Waals surface area (Å²) in [5.74, 6) is -1.35. The Hall–Kier alpha value is -3.94. The molecule has 0 bridgehead atoms. The number of hydrogen-bond acceptors (Lipinski definition) is 4. The van der Waals surface area contributed by atoms with E-state index in [1.165, 1.54) is 12.1 Å². The maximum Gasteiger partial charge on any atom is 0.304 e. The number of nitrogens with zero attached hydrogens (tertiary/aromatic N) is 1. The van der Waals surface area contributed by atoms with E-state index in [9.17, 15) is 14.3 Å². The van der Waals surface area contributed by atoms with Gasteiger partial charge in [-0.3, -0.25) is 10.2 Å². The van der Waals surface area contributed by atoms with E-state index in [-0.39, 0.29) is 18.2 Å². The van der Waals surface area contributed by atoms with Gasteiger partial charge in [0.15, 0.2) is 5.96 Å². The molecule has 1 heterocycles. The number of hydrogen-bond donors (Lipinski definition) is 5. The van der Waals surface area contributed by atoms with E-state index < -0.39 is 11.9 Å². The molecule has 1 atom stereocenters. The van der Waals surface area contributed by atoms with E-state index in [0.29, 0.717) is 23.6 Å². The third-order valence-corrected chi connectivity index (χ3v) is 4.49. The summed E-state index contributed by atoms with van der Waals surface area (Å²) in [5.41, 5.74) is 8.33. The molecule has 0 fully saturated rings. The highest BCUT2D eigenvalue weighted by molar-refractivity contribution is 5.74. The van der Waals surface area contributed by atoms with Crippen LogP contribution in [0.4, 0.5) is 15.9 Å². The third kappa shape index (κ3) is 5.78. The van der Waals surface area contributed by atoms with Gasteiger partial charge >= 0.3 is 5.97 Å². The second-order valence-corrected chi connectivity index (χ2v) is 6.74. The van der Waals surface area contributed by atoms with Crippen molar-refractivity contribution < 1.29 is 14.3 Å². The summed E-state index contributed by atoms with van der Waals surface area (Å²) in [4.78, 5) is 16.0. The monoisotopic (exact) mass is 407 g/mol. The van der Waals surface area contributed by atoms with Crippen LogP contribution in [-0.4, -0.2) is 22.0 Å². The van der Waals surface area contributed by atoms with Crippen LogP contribution in [0.3, 0.4) is 0 Å². The first-order chi connectivity index (χ1) is 14.4. The van der Waals surface area contributed by atoms with Crippen molar-refractivity contribution >= 4 is 23.4 Å². The zero-order valence-corrected chi connectivity index (χ0v) is 16.1. The van der Waals surface area contributed by atoms with Crippen molar-refractivity contribution in [2.75, 3.05) is 5.32 Å². The summed E-state index contributed by atoms with van der Waals surface area (Å²) < 4.78 is 13.3. The molecule has 0 radical (unpaired) electrons. The van der Waals surface area contributed by atoms with Gasteiger partial charge in [-0.15, -0.1) is 0 Å². The van der Waals surface area contributed by atoms with Gasteiger partial charge in [0.1, 0.15) is 11.6 Å². The molecule has 0 saturated heterocycles. The van der Waals surface area contributed by atoms with Gasteiger partial charge in [-0.2, -0.15) is 0 Å². The molecule has 2 aromatic carbocycles. The van der Waals surface area contributed by atoms with Crippen LogP contribution in [0.2, 0.25) is 0 Å². The van der Waals surface area contributed by atoms with Crippen LogP contribution in [0.1, 0.15) is 29.2 Å². The van der Waals surface area contributed by atoms with E-state index in [1.807, 2.05) is 24.3 Å². The van der Waals surface area contributed by atoms with Crippen molar-refractivity contribution in [3.8, 4) is 0 Å². The maximum atomic E-state index is 13.3. The number of anilines is 2. The van der Waals surface area contributed by atoms with Crippen LogP contribution in [0.25, 0.3) is 0 Å². The molecule has 8 heteroatoms. The fourth-order valence-electron chi connectivity index (χ4n) is 3.03. The van der Waals surface area contributed by atoms with Crippen molar-refractivity contribution in [2.24, 2.45) is 5.73 Å². The molecule has 3 rings (SSSR count). The standard InChI is InChI=1S/C22H22FN5O2/c23-16-8-6-15(7-9-16)18(12-21(29)30)19-2-1-3-20(28-19)27-17-10-4-14(5-11-17)13-26-22(24)25/h1-11,18H,12-13H2,(H,27,28)(H,29,30)(H4,24,25,26). The number of guanidine groups is 1. The summed E-state index contributed by atoms with van der Waals surface area (Å²) in [6.45, 7) is 0.456. The molecule has 0 spiro atoms. The van der Waals surface area contributed by atoms with Gasteiger partial charge in [0.25, 0.3) is 0 Å². The molecule has 0 amide bonds. The van der Waals surface area contributed by atoms with Gasteiger partial charge in [-0.05, 0) is 47.5 Å². The Balaban J connectivity index is 1.79. The predicted molar refractivity (Wildman–Crippen MR) is 113 cm³/mol. The Morgan fingerprint density at radius 1 is 1.10 bits per heavy atom. The number of nitrogens with two attached hydrogens (primary N) is 1. The van der Waals surface area contributed by atoms with E-state index >= 15 is 0 Å². The lowest BCUT2D eigenvalue weighted by Crippen LogP contribution is -2.29. The number of nitrogens with one attached hydrogen (secondary N) is 3. The number of halogens is 1.